The van der Waals surface area contributed by atoms with Gasteiger partial charge in [-0.15, -0.1) is 0 Å². The third-order valence-corrected chi connectivity index (χ3v) is 2.70. The zero-order chi connectivity index (χ0) is 10.4. The van der Waals surface area contributed by atoms with E-state index >= 15 is 0 Å². The number of benzene rings is 1. The second-order valence-electron chi connectivity index (χ2n) is 3.65. The van der Waals surface area contributed by atoms with Gasteiger partial charge in [-0.3, -0.25) is 4.79 Å². The number of aryl methyl sites for hydroxylation is 1. The first-order chi connectivity index (χ1) is 7.27. The largest absolute Gasteiger partial charge is 0.289 e. The Morgan fingerprint density at radius 3 is 2.60 bits per heavy atom. The summed E-state index contributed by atoms with van der Waals surface area (Å²) in [5.74, 6) is 0.135. The molecule has 15 heavy (non-hydrogen) atoms. The van der Waals surface area contributed by atoms with E-state index in [0.717, 1.165) is 27.9 Å². The molecule has 0 spiro atoms. The van der Waals surface area contributed by atoms with Gasteiger partial charge in [-0.25, -0.2) is 0 Å². The normalized spacial score (nSPS) is 12.5. The van der Waals surface area contributed by atoms with Crippen LogP contribution in [-0.4, -0.2) is 16.0 Å². The highest BCUT2D eigenvalue weighted by molar-refractivity contribution is 6.21. The number of ketones is 1. The van der Waals surface area contributed by atoms with Crippen molar-refractivity contribution in [3.05, 3.63) is 47.2 Å². The molecule has 72 valence electrons. The van der Waals surface area contributed by atoms with Gasteiger partial charge in [0.25, 0.3) is 0 Å². The number of carbonyl (C=O) groups excluding carboxylic acids is 1. The molecule has 3 heteroatoms. The Bertz CT molecular complexity index is 561. The average Bonchev–Trinajstić information content (AvgIpc) is 2.28. The predicted molar refractivity (Wildman–Crippen MR) is 55.6 cm³/mol. The summed E-state index contributed by atoms with van der Waals surface area (Å²) in [6, 6.07) is 7.60. The molecule has 0 radical (unpaired) electrons. The minimum atomic E-state index is 0.135. The number of nitrogens with zero attached hydrogens (tertiary/aromatic N) is 2. The third-order valence-electron chi connectivity index (χ3n) is 2.70. The predicted octanol–water partition coefficient (Wildman–Crippen LogP) is 2.00. The van der Waals surface area contributed by atoms with Crippen molar-refractivity contribution in [1.29, 1.82) is 0 Å². The number of aromatic nitrogens is 2. The number of hydrogen-bond acceptors (Lipinski definition) is 3. The molecule has 0 aliphatic heterocycles. The van der Waals surface area contributed by atoms with Gasteiger partial charge in [0.2, 0.25) is 0 Å². The van der Waals surface area contributed by atoms with Crippen molar-refractivity contribution in [2.75, 3.05) is 0 Å². The van der Waals surface area contributed by atoms with Crippen molar-refractivity contribution in [2.45, 2.75) is 6.92 Å². The van der Waals surface area contributed by atoms with Crippen molar-refractivity contribution < 1.29 is 4.79 Å². The minimum absolute atomic E-state index is 0.135. The van der Waals surface area contributed by atoms with Gasteiger partial charge in [0, 0.05) is 22.9 Å². The van der Waals surface area contributed by atoms with E-state index in [1.807, 2.05) is 31.2 Å². The molecule has 3 nitrogen and oxygen atoms in total. The zero-order valence-electron chi connectivity index (χ0n) is 8.19. The molecule has 2 aliphatic carbocycles. The van der Waals surface area contributed by atoms with Gasteiger partial charge in [-0.2, -0.15) is 10.2 Å². The van der Waals surface area contributed by atoms with Gasteiger partial charge in [0.15, 0.2) is 5.78 Å². The van der Waals surface area contributed by atoms with Crippen molar-refractivity contribution in [1.82, 2.24) is 10.2 Å². The summed E-state index contributed by atoms with van der Waals surface area (Å²) in [5, 5.41) is 7.83. The summed E-state index contributed by atoms with van der Waals surface area (Å²) in [5.41, 5.74) is 4.25. The molecule has 0 saturated carbocycles. The van der Waals surface area contributed by atoms with Gasteiger partial charge >= 0.3 is 0 Å². The second kappa shape index (κ2) is 2.73. The van der Waals surface area contributed by atoms with Gasteiger partial charge in [-0.05, 0) is 36.8 Å². The topological polar surface area (TPSA) is 42.9 Å². The highest BCUT2D eigenvalue weighted by atomic mass is 16.1. The number of hydrogen-bond donors (Lipinski definition) is 0. The van der Waals surface area contributed by atoms with E-state index in [9.17, 15) is 4.79 Å². The first-order valence-electron chi connectivity index (χ1n) is 4.75. The molecule has 0 unspecified atom stereocenters. The molecule has 0 N–H and O–H groups in total. The summed E-state index contributed by atoms with van der Waals surface area (Å²) in [7, 11) is 0. The Morgan fingerprint density at radius 1 is 1.13 bits per heavy atom. The summed E-state index contributed by atoms with van der Waals surface area (Å²) in [6.45, 7) is 1.94. The fourth-order valence-electron chi connectivity index (χ4n) is 1.86. The highest BCUT2D eigenvalue weighted by Gasteiger charge is 2.27. The van der Waals surface area contributed by atoms with Crippen LogP contribution in [0.15, 0.2) is 30.5 Å². The Morgan fingerprint density at radius 2 is 2.00 bits per heavy atom. The van der Waals surface area contributed by atoms with Crippen molar-refractivity contribution >= 4 is 5.78 Å². The molecule has 1 aromatic heterocycles. The van der Waals surface area contributed by atoms with Crippen molar-refractivity contribution in [2.24, 2.45) is 0 Å². The van der Waals surface area contributed by atoms with E-state index in [0.29, 0.717) is 0 Å². The first kappa shape index (κ1) is 8.29. The number of rotatable bonds is 1. The maximum absolute atomic E-state index is 11.6. The van der Waals surface area contributed by atoms with Gasteiger partial charge in [-0.1, -0.05) is 0 Å². The van der Waals surface area contributed by atoms with E-state index in [4.69, 9.17) is 0 Å². The highest BCUT2D eigenvalue weighted by Crippen LogP contribution is 2.34. The fraction of sp³-hybridized carbons (Fsp3) is 0.0833. The van der Waals surface area contributed by atoms with Crippen LogP contribution in [0.25, 0.3) is 11.3 Å². The average molecular weight is 196 g/mol. The maximum atomic E-state index is 11.6. The van der Waals surface area contributed by atoms with Crippen LogP contribution >= 0.6 is 0 Å². The molecule has 1 heterocycles. The van der Waals surface area contributed by atoms with E-state index < -0.39 is 0 Å². The first-order valence-corrected chi connectivity index (χ1v) is 4.75. The Labute approximate surface area is 86.8 Å². The summed E-state index contributed by atoms with van der Waals surface area (Å²) in [4.78, 5) is 11.6. The van der Waals surface area contributed by atoms with E-state index in [2.05, 4.69) is 10.2 Å². The SMILES string of the molecule is Cc1cc(-c2cccnn2)c2cc1C2=O. The lowest BCUT2D eigenvalue weighted by Crippen LogP contribution is -2.16. The Kier molecular flexibility index (Phi) is 1.51. The summed E-state index contributed by atoms with van der Waals surface area (Å²) in [6.07, 6.45) is 1.62. The number of carbonyl (C=O) groups is 1. The molecule has 4 rings (SSSR count). The van der Waals surface area contributed by atoms with Crippen LogP contribution in [0.1, 0.15) is 21.5 Å². The van der Waals surface area contributed by atoms with Gasteiger partial charge in [0.1, 0.15) is 0 Å². The quantitative estimate of drug-likeness (QED) is 0.597. The van der Waals surface area contributed by atoms with Crippen LogP contribution in [0.3, 0.4) is 0 Å². The molecule has 0 fully saturated rings. The van der Waals surface area contributed by atoms with Crippen LogP contribution in [0, 0.1) is 6.92 Å². The van der Waals surface area contributed by atoms with Crippen molar-refractivity contribution in [3.8, 4) is 11.3 Å². The fourth-order valence-corrected chi connectivity index (χ4v) is 1.86. The molecule has 2 aromatic rings. The second-order valence-corrected chi connectivity index (χ2v) is 3.65. The smallest absolute Gasteiger partial charge is 0.194 e. The summed E-state index contributed by atoms with van der Waals surface area (Å²) < 4.78 is 0. The van der Waals surface area contributed by atoms with E-state index in [1.165, 1.54) is 0 Å². The Balaban J connectivity index is 2.25. The molecular weight excluding hydrogens is 188 g/mol. The molecule has 1 aromatic carbocycles. The third kappa shape index (κ3) is 1.03. The van der Waals surface area contributed by atoms with E-state index in [1.54, 1.807) is 6.20 Å². The van der Waals surface area contributed by atoms with Crippen LogP contribution < -0.4 is 0 Å². The van der Waals surface area contributed by atoms with Crippen molar-refractivity contribution in [3.63, 3.8) is 0 Å². The maximum Gasteiger partial charge on any atom is 0.194 e. The zero-order valence-corrected chi connectivity index (χ0v) is 8.19. The lowest BCUT2D eigenvalue weighted by Gasteiger charge is -2.20. The van der Waals surface area contributed by atoms with E-state index in [-0.39, 0.29) is 5.78 Å². The molecule has 0 atom stereocenters. The number of fused-ring (bicyclic) bond motifs is 2. The van der Waals surface area contributed by atoms with Gasteiger partial charge < -0.3 is 0 Å². The minimum Gasteiger partial charge on any atom is -0.289 e. The van der Waals surface area contributed by atoms with Crippen LogP contribution in [0.4, 0.5) is 0 Å². The summed E-state index contributed by atoms with van der Waals surface area (Å²) >= 11 is 0. The van der Waals surface area contributed by atoms with Gasteiger partial charge in [0.05, 0.1) is 5.69 Å². The molecule has 2 bridgehead atoms. The van der Waals surface area contributed by atoms with Crippen LogP contribution in [-0.2, 0) is 0 Å². The lowest BCUT2D eigenvalue weighted by atomic mass is 9.82. The van der Waals surface area contributed by atoms with Crippen LogP contribution in [0.2, 0.25) is 0 Å². The molecule has 0 amide bonds. The molecular formula is C12H8N2O. The molecule has 0 saturated heterocycles. The standard InChI is InChI=1S/C12H8N2O/c1-7-5-9(10-6-8(7)12(10)15)11-3-2-4-13-14-11/h2-6H,1H3. The monoisotopic (exact) mass is 196 g/mol. The van der Waals surface area contributed by atoms with Crippen LogP contribution in [0.5, 0.6) is 0 Å². The lowest BCUT2D eigenvalue weighted by molar-refractivity contribution is 0.102. The Hall–Kier alpha value is -2.03. The molecule has 2 aliphatic rings.